The summed E-state index contributed by atoms with van der Waals surface area (Å²) in [5.74, 6) is 0. The van der Waals surface area contributed by atoms with Crippen LogP contribution in [0.25, 0.3) is 0 Å². The lowest BCUT2D eigenvalue weighted by atomic mass is 10.2. The predicted octanol–water partition coefficient (Wildman–Crippen LogP) is 2.33. The Morgan fingerprint density at radius 3 is 2.12 bits per heavy atom. The van der Waals surface area contributed by atoms with E-state index in [4.69, 9.17) is 0 Å². The maximum Gasteiger partial charge on any atom is -0.00639 e. The molecule has 0 fully saturated rings. The van der Waals surface area contributed by atoms with E-state index in [2.05, 4.69) is 21.4 Å². The van der Waals surface area contributed by atoms with Crippen molar-refractivity contribution in [2.45, 2.75) is 6.16 Å². The van der Waals surface area contributed by atoms with Crippen LogP contribution in [0.2, 0.25) is 0 Å². The van der Waals surface area contributed by atoms with Crippen molar-refractivity contribution in [3.05, 3.63) is 35.9 Å². The summed E-state index contributed by atoms with van der Waals surface area (Å²) in [6, 6.07) is 10.3. The first-order valence-electron chi connectivity index (χ1n) is 2.62. The Labute approximate surface area is 52.1 Å². The highest BCUT2D eigenvalue weighted by Crippen LogP contribution is 2.02. The summed E-state index contributed by atoms with van der Waals surface area (Å²) < 4.78 is 0. The molecule has 0 saturated heterocycles. The van der Waals surface area contributed by atoms with Gasteiger partial charge in [0.05, 0.1) is 0 Å². The van der Waals surface area contributed by atoms with Gasteiger partial charge in [0.25, 0.3) is 0 Å². The molecule has 0 bridgehead atoms. The largest absolute Gasteiger partial charge is 0.0944 e. The van der Waals surface area contributed by atoms with Gasteiger partial charge in [-0.15, -0.1) is 0 Å². The zero-order valence-corrected chi connectivity index (χ0v) is 5.59. The molecule has 0 unspecified atom stereocenters. The van der Waals surface area contributed by atoms with Gasteiger partial charge >= 0.3 is 0 Å². The zero-order chi connectivity index (χ0) is 5.82. The highest BCUT2D eigenvalue weighted by Gasteiger charge is 1.80. The van der Waals surface area contributed by atoms with E-state index >= 15 is 0 Å². The molecule has 1 radical (unpaired) electrons. The van der Waals surface area contributed by atoms with Gasteiger partial charge in [-0.2, -0.15) is 0 Å². The zero-order valence-electron chi connectivity index (χ0n) is 4.59. The average Bonchev–Trinajstić information content (AvgIpc) is 1.90. The van der Waals surface area contributed by atoms with Gasteiger partial charge in [0.2, 0.25) is 0 Å². The second-order valence-corrected chi connectivity index (χ2v) is 2.02. The smallest absolute Gasteiger partial charge is 0.00639 e. The third-order valence-electron chi connectivity index (χ3n) is 1.05. The van der Waals surface area contributed by atoms with E-state index in [1.807, 2.05) is 18.2 Å². The number of hydrogen-bond acceptors (Lipinski definition) is 0. The summed E-state index contributed by atoms with van der Waals surface area (Å²) in [4.78, 5) is 0. The molecule has 0 saturated carbocycles. The van der Waals surface area contributed by atoms with E-state index in [1.165, 1.54) is 5.56 Å². The SMILES string of the molecule is [PH]Cc1ccccc1. The van der Waals surface area contributed by atoms with Crippen molar-refractivity contribution in [2.75, 3.05) is 0 Å². The average molecular weight is 123 g/mol. The second kappa shape index (κ2) is 2.84. The van der Waals surface area contributed by atoms with Gasteiger partial charge in [0.1, 0.15) is 0 Å². The minimum absolute atomic E-state index is 0.945. The Balaban J connectivity index is 2.83. The van der Waals surface area contributed by atoms with Crippen LogP contribution in [0.3, 0.4) is 0 Å². The Kier molecular flexibility index (Phi) is 2.05. The highest BCUT2D eigenvalue weighted by atomic mass is 31.0. The Bertz CT molecular complexity index is 146. The van der Waals surface area contributed by atoms with Crippen LogP contribution in [-0.2, 0) is 6.16 Å². The van der Waals surface area contributed by atoms with Crippen molar-refractivity contribution < 1.29 is 0 Å². The lowest BCUT2D eigenvalue weighted by molar-refractivity contribution is 1.42. The fourth-order valence-corrected chi connectivity index (χ4v) is 0.832. The van der Waals surface area contributed by atoms with Crippen LogP contribution < -0.4 is 0 Å². The summed E-state index contributed by atoms with van der Waals surface area (Å²) in [5, 5.41) is 0. The van der Waals surface area contributed by atoms with E-state index < -0.39 is 0 Å². The van der Waals surface area contributed by atoms with Crippen molar-refractivity contribution in [3.8, 4) is 0 Å². The Hall–Kier alpha value is -0.350. The summed E-state index contributed by atoms with van der Waals surface area (Å²) >= 11 is 0. The van der Waals surface area contributed by atoms with Crippen molar-refractivity contribution in [1.82, 2.24) is 0 Å². The standard InChI is InChI=1S/C7H8P/c8-6-7-4-2-1-3-5-7/h1-5,8H,6H2. The lowest BCUT2D eigenvalue weighted by Crippen LogP contribution is -1.70. The van der Waals surface area contributed by atoms with Crippen molar-refractivity contribution >= 4 is 9.24 Å². The minimum Gasteiger partial charge on any atom is -0.0944 e. The van der Waals surface area contributed by atoms with Crippen LogP contribution in [0.4, 0.5) is 0 Å². The fraction of sp³-hybridized carbons (Fsp3) is 0.143. The molecule has 0 aliphatic heterocycles. The van der Waals surface area contributed by atoms with E-state index in [9.17, 15) is 0 Å². The van der Waals surface area contributed by atoms with E-state index in [0.29, 0.717) is 0 Å². The first-order valence-corrected chi connectivity index (χ1v) is 3.32. The first kappa shape index (κ1) is 5.78. The lowest BCUT2D eigenvalue weighted by Gasteiger charge is -1.89. The Morgan fingerprint density at radius 2 is 1.75 bits per heavy atom. The summed E-state index contributed by atoms with van der Waals surface area (Å²) in [7, 11) is 3.40. The van der Waals surface area contributed by atoms with Crippen LogP contribution in [0.15, 0.2) is 30.3 Å². The molecule has 1 aromatic rings. The summed E-state index contributed by atoms with van der Waals surface area (Å²) in [6.07, 6.45) is 0.945. The van der Waals surface area contributed by atoms with Gasteiger partial charge in [-0.1, -0.05) is 39.6 Å². The Morgan fingerprint density at radius 1 is 1.12 bits per heavy atom. The third-order valence-corrected chi connectivity index (χ3v) is 1.46. The molecule has 0 spiro atoms. The molecule has 0 aromatic heterocycles. The molecular formula is C7H8P. The molecule has 0 aliphatic rings. The third kappa shape index (κ3) is 1.31. The predicted molar refractivity (Wildman–Crippen MR) is 38.5 cm³/mol. The summed E-state index contributed by atoms with van der Waals surface area (Å²) in [5.41, 5.74) is 1.32. The number of rotatable bonds is 1. The molecule has 0 N–H and O–H groups in total. The molecule has 0 aliphatic carbocycles. The van der Waals surface area contributed by atoms with Gasteiger partial charge in [-0.05, 0) is 11.7 Å². The van der Waals surface area contributed by atoms with E-state index in [-0.39, 0.29) is 0 Å². The topological polar surface area (TPSA) is 0 Å². The van der Waals surface area contributed by atoms with Crippen LogP contribution in [0.1, 0.15) is 5.56 Å². The molecule has 1 rings (SSSR count). The van der Waals surface area contributed by atoms with Crippen LogP contribution in [0.5, 0.6) is 0 Å². The van der Waals surface area contributed by atoms with Gasteiger partial charge in [0.15, 0.2) is 0 Å². The minimum atomic E-state index is 0.945. The second-order valence-electron chi connectivity index (χ2n) is 1.66. The molecule has 0 nitrogen and oxygen atoms in total. The van der Waals surface area contributed by atoms with E-state index in [0.717, 1.165) is 6.16 Å². The highest BCUT2D eigenvalue weighted by molar-refractivity contribution is 7.15. The normalized spacial score (nSPS) is 9.12. The fourth-order valence-electron chi connectivity index (χ4n) is 0.596. The summed E-state index contributed by atoms with van der Waals surface area (Å²) in [6.45, 7) is 0. The molecule has 0 amide bonds. The van der Waals surface area contributed by atoms with Gasteiger partial charge in [-0.25, -0.2) is 0 Å². The van der Waals surface area contributed by atoms with Crippen molar-refractivity contribution in [3.63, 3.8) is 0 Å². The first-order chi connectivity index (χ1) is 3.93. The maximum atomic E-state index is 3.40. The monoisotopic (exact) mass is 123 g/mol. The molecule has 0 heterocycles. The van der Waals surface area contributed by atoms with Crippen LogP contribution in [0, 0.1) is 0 Å². The maximum absolute atomic E-state index is 3.40. The van der Waals surface area contributed by atoms with Crippen molar-refractivity contribution in [2.24, 2.45) is 0 Å². The molecule has 8 heavy (non-hydrogen) atoms. The molecule has 1 aromatic carbocycles. The van der Waals surface area contributed by atoms with Gasteiger partial charge in [0, 0.05) is 0 Å². The number of hydrogen-bond donors (Lipinski definition) is 0. The quantitative estimate of drug-likeness (QED) is 0.503. The molecule has 1 heteroatoms. The molecular weight excluding hydrogens is 115 g/mol. The molecule has 41 valence electrons. The van der Waals surface area contributed by atoms with E-state index in [1.54, 1.807) is 0 Å². The van der Waals surface area contributed by atoms with Crippen molar-refractivity contribution in [1.29, 1.82) is 0 Å². The van der Waals surface area contributed by atoms with Gasteiger partial charge in [-0.3, -0.25) is 0 Å². The van der Waals surface area contributed by atoms with Gasteiger partial charge < -0.3 is 0 Å². The number of benzene rings is 1. The molecule has 0 atom stereocenters. The van der Waals surface area contributed by atoms with Crippen LogP contribution >= 0.6 is 9.24 Å². The van der Waals surface area contributed by atoms with Crippen LogP contribution in [-0.4, -0.2) is 0 Å².